The van der Waals surface area contributed by atoms with E-state index in [9.17, 15) is 13.6 Å². The minimum absolute atomic E-state index is 0.0601. The Labute approximate surface area is 118 Å². The number of anilines is 1. The van der Waals surface area contributed by atoms with Crippen molar-refractivity contribution >= 4 is 35.8 Å². The van der Waals surface area contributed by atoms with Gasteiger partial charge in [0.2, 0.25) is 0 Å². The molecule has 0 aliphatic rings. The molecule has 2 rings (SSSR count). The van der Waals surface area contributed by atoms with E-state index >= 15 is 0 Å². The van der Waals surface area contributed by atoms with E-state index in [4.69, 9.17) is 11.6 Å². The number of carbonyl (C=O) groups excluding carboxylic acids is 1. The molecule has 0 saturated carbocycles. The minimum Gasteiger partial charge on any atom is -0.322 e. The summed E-state index contributed by atoms with van der Waals surface area (Å²) in [7, 11) is 0. The average molecular weight is 300 g/mol. The molecule has 1 N–H and O–H groups in total. The predicted octanol–water partition coefficient (Wildman–Crippen LogP) is 4.16. The third-order valence-corrected chi connectivity index (χ3v) is 2.89. The Bertz CT molecular complexity index is 628. The standard InChI is InChI=1S/C13H8ClF2NOS/c14-8-4-9(15)6-10(5-8)17-13(18)7-1-2-11(16)12(19)3-7/h1-6,19H,(H,17,18). The zero-order valence-electron chi connectivity index (χ0n) is 9.45. The summed E-state index contributed by atoms with van der Waals surface area (Å²) >= 11 is 9.56. The van der Waals surface area contributed by atoms with Crippen LogP contribution in [0, 0.1) is 11.6 Å². The Balaban J connectivity index is 2.22. The van der Waals surface area contributed by atoms with Crippen LogP contribution in [0.15, 0.2) is 41.3 Å². The maximum atomic E-state index is 13.1. The van der Waals surface area contributed by atoms with Gasteiger partial charge >= 0.3 is 0 Å². The van der Waals surface area contributed by atoms with Crippen LogP contribution in [0.25, 0.3) is 0 Å². The van der Waals surface area contributed by atoms with E-state index in [1.165, 1.54) is 18.2 Å². The van der Waals surface area contributed by atoms with E-state index in [2.05, 4.69) is 17.9 Å². The maximum Gasteiger partial charge on any atom is 0.255 e. The van der Waals surface area contributed by atoms with Crippen LogP contribution in [-0.4, -0.2) is 5.91 Å². The first-order chi connectivity index (χ1) is 8.95. The Morgan fingerprint density at radius 1 is 1.16 bits per heavy atom. The van der Waals surface area contributed by atoms with Gasteiger partial charge in [0.25, 0.3) is 5.91 Å². The normalized spacial score (nSPS) is 10.3. The van der Waals surface area contributed by atoms with E-state index < -0.39 is 17.5 Å². The second-order valence-electron chi connectivity index (χ2n) is 3.78. The molecule has 19 heavy (non-hydrogen) atoms. The third kappa shape index (κ3) is 3.45. The van der Waals surface area contributed by atoms with Gasteiger partial charge in [0.05, 0.1) is 0 Å². The highest BCUT2D eigenvalue weighted by atomic mass is 35.5. The molecule has 2 aromatic rings. The molecular formula is C13H8ClF2NOS. The summed E-state index contributed by atoms with van der Waals surface area (Å²) in [5.41, 5.74) is 0.437. The third-order valence-electron chi connectivity index (χ3n) is 2.33. The number of rotatable bonds is 2. The molecule has 1 amide bonds. The Hall–Kier alpha value is -1.59. The molecule has 0 unspecified atom stereocenters. The molecule has 0 heterocycles. The zero-order chi connectivity index (χ0) is 14.0. The van der Waals surface area contributed by atoms with Crippen molar-refractivity contribution in [1.29, 1.82) is 0 Å². The molecule has 98 valence electrons. The van der Waals surface area contributed by atoms with Gasteiger partial charge in [0.15, 0.2) is 0 Å². The first kappa shape index (κ1) is 13.8. The summed E-state index contributed by atoms with van der Waals surface area (Å²) < 4.78 is 26.1. The highest BCUT2D eigenvalue weighted by Crippen LogP contribution is 2.20. The van der Waals surface area contributed by atoms with Gasteiger partial charge in [0.1, 0.15) is 11.6 Å². The fourth-order valence-corrected chi connectivity index (χ4v) is 1.92. The fourth-order valence-electron chi connectivity index (χ4n) is 1.48. The number of benzene rings is 2. The molecule has 0 bridgehead atoms. The highest BCUT2D eigenvalue weighted by Gasteiger charge is 2.09. The van der Waals surface area contributed by atoms with Gasteiger partial charge in [-0.2, -0.15) is 0 Å². The predicted molar refractivity (Wildman–Crippen MR) is 73.0 cm³/mol. The molecule has 0 atom stereocenters. The molecule has 0 fully saturated rings. The molecule has 0 saturated heterocycles. The van der Waals surface area contributed by atoms with Gasteiger partial charge in [-0.1, -0.05) is 11.6 Å². The molecule has 2 nitrogen and oxygen atoms in total. The van der Waals surface area contributed by atoms with Crippen molar-refractivity contribution in [2.75, 3.05) is 5.32 Å². The number of carbonyl (C=O) groups is 1. The number of thiol groups is 1. The van der Waals surface area contributed by atoms with Gasteiger partial charge in [-0.3, -0.25) is 4.79 Å². The molecule has 0 aromatic heterocycles. The van der Waals surface area contributed by atoms with E-state index in [0.29, 0.717) is 0 Å². The van der Waals surface area contributed by atoms with Gasteiger partial charge in [-0.05, 0) is 36.4 Å². The van der Waals surface area contributed by atoms with Gasteiger partial charge in [-0.15, -0.1) is 12.6 Å². The summed E-state index contributed by atoms with van der Waals surface area (Å²) in [6, 6.07) is 7.40. The quantitative estimate of drug-likeness (QED) is 0.801. The van der Waals surface area contributed by atoms with Crippen molar-refractivity contribution in [2.24, 2.45) is 0 Å². The highest BCUT2D eigenvalue weighted by molar-refractivity contribution is 7.80. The molecular weight excluding hydrogens is 292 g/mol. The van der Waals surface area contributed by atoms with Crippen molar-refractivity contribution in [2.45, 2.75) is 4.90 Å². The van der Waals surface area contributed by atoms with Crippen LogP contribution in [0.2, 0.25) is 5.02 Å². The first-order valence-electron chi connectivity index (χ1n) is 5.21. The lowest BCUT2D eigenvalue weighted by Crippen LogP contribution is -2.12. The van der Waals surface area contributed by atoms with Crippen LogP contribution in [0.3, 0.4) is 0 Å². The summed E-state index contributed by atoms with van der Waals surface area (Å²) in [5, 5.41) is 2.64. The average Bonchev–Trinajstić information content (AvgIpc) is 2.31. The second-order valence-corrected chi connectivity index (χ2v) is 4.70. The molecule has 0 aliphatic heterocycles. The van der Waals surface area contributed by atoms with Gasteiger partial charge < -0.3 is 5.32 Å². The van der Waals surface area contributed by atoms with Crippen LogP contribution in [0.4, 0.5) is 14.5 Å². The zero-order valence-corrected chi connectivity index (χ0v) is 11.1. The number of hydrogen-bond donors (Lipinski definition) is 2. The van der Waals surface area contributed by atoms with E-state index in [1.807, 2.05) is 0 Å². The van der Waals surface area contributed by atoms with Crippen LogP contribution >= 0.6 is 24.2 Å². The fraction of sp³-hybridized carbons (Fsp3) is 0. The van der Waals surface area contributed by atoms with Crippen LogP contribution in [0.1, 0.15) is 10.4 Å². The molecule has 2 aromatic carbocycles. The Morgan fingerprint density at radius 2 is 1.89 bits per heavy atom. The monoisotopic (exact) mass is 299 g/mol. The molecule has 6 heteroatoms. The van der Waals surface area contributed by atoms with Gasteiger partial charge in [0, 0.05) is 21.2 Å². The lowest BCUT2D eigenvalue weighted by atomic mass is 10.2. The minimum atomic E-state index is -0.559. The molecule has 0 aliphatic carbocycles. The SMILES string of the molecule is O=C(Nc1cc(F)cc(Cl)c1)c1ccc(F)c(S)c1. The van der Waals surface area contributed by atoms with Crippen LogP contribution < -0.4 is 5.32 Å². The number of amides is 1. The Morgan fingerprint density at radius 3 is 2.53 bits per heavy atom. The maximum absolute atomic E-state index is 13.1. The molecule has 0 radical (unpaired) electrons. The first-order valence-corrected chi connectivity index (χ1v) is 6.04. The largest absolute Gasteiger partial charge is 0.322 e. The second kappa shape index (κ2) is 5.59. The number of halogens is 3. The Kier molecular flexibility index (Phi) is 4.07. The van der Waals surface area contributed by atoms with Crippen molar-refractivity contribution < 1.29 is 13.6 Å². The van der Waals surface area contributed by atoms with Crippen molar-refractivity contribution in [3.05, 3.63) is 58.6 Å². The van der Waals surface area contributed by atoms with E-state index in [1.54, 1.807) is 0 Å². The van der Waals surface area contributed by atoms with Crippen molar-refractivity contribution in [3.8, 4) is 0 Å². The van der Waals surface area contributed by atoms with Crippen molar-refractivity contribution in [1.82, 2.24) is 0 Å². The van der Waals surface area contributed by atoms with E-state index in [0.717, 1.165) is 18.2 Å². The topological polar surface area (TPSA) is 29.1 Å². The molecule has 0 spiro atoms. The van der Waals surface area contributed by atoms with E-state index in [-0.39, 0.29) is 21.2 Å². The van der Waals surface area contributed by atoms with Gasteiger partial charge in [-0.25, -0.2) is 8.78 Å². The number of nitrogens with one attached hydrogen (secondary N) is 1. The van der Waals surface area contributed by atoms with Crippen LogP contribution in [0.5, 0.6) is 0 Å². The smallest absolute Gasteiger partial charge is 0.255 e. The lowest BCUT2D eigenvalue weighted by molar-refractivity contribution is 0.102. The summed E-state index contributed by atoms with van der Waals surface area (Å²) in [6.07, 6.45) is 0. The summed E-state index contributed by atoms with van der Waals surface area (Å²) in [4.78, 5) is 11.9. The summed E-state index contributed by atoms with van der Waals surface area (Å²) in [5.74, 6) is -1.58. The lowest BCUT2D eigenvalue weighted by Gasteiger charge is -2.07. The van der Waals surface area contributed by atoms with Crippen molar-refractivity contribution in [3.63, 3.8) is 0 Å². The van der Waals surface area contributed by atoms with Crippen LogP contribution in [-0.2, 0) is 0 Å². The summed E-state index contributed by atoms with van der Waals surface area (Å²) in [6.45, 7) is 0. The number of hydrogen-bond acceptors (Lipinski definition) is 2.